The predicted molar refractivity (Wildman–Crippen MR) is 92.3 cm³/mol. The lowest BCUT2D eigenvalue weighted by Crippen LogP contribution is -2.42. The molecule has 0 saturated carbocycles. The van der Waals surface area contributed by atoms with E-state index in [4.69, 9.17) is 0 Å². The molecule has 2 amide bonds. The van der Waals surface area contributed by atoms with Gasteiger partial charge in [-0.25, -0.2) is 13.3 Å². The molecule has 1 aliphatic heterocycles. The summed E-state index contributed by atoms with van der Waals surface area (Å²) in [4.78, 5) is 26.4. The number of benzene rings is 1. The van der Waals surface area contributed by atoms with Gasteiger partial charge in [0.15, 0.2) is 0 Å². The molecular weight excluding hydrogens is 328 g/mol. The van der Waals surface area contributed by atoms with Crippen molar-refractivity contribution in [2.75, 3.05) is 22.5 Å². The highest BCUT2D eigenvalue weighted by atomic mass is 32.2. The van der Waals surface area contributed by atoms with Crippen LogP contribution in [0.4, 0.5) is 11.4 Å². The number of imide groups is 1. The quantitative estimate of drug-likeness (QED) is 0.785. The van der Waals surface area contributed by atoms with Gasteiger partial charge in [-0.3, -0.25) is 13.9 Å². The second-order valence-electron chi connectivity index (χ2n) is 6.25. The maximum absolute atomic E-state index is 12.8. The molecule has 24 heavy (non-hydrogen) atoms. The van der Waals surface area contributed by atoms with Crippen molar-refractivity contribution in [3.8, 4) is 0 Å². The fourth-order valence-electron chi connectivity index (χ4n) is 3.21. The van der Waals surface area contributed by atoms with E-state index in [0.29, 0.717) is 17.8 Å². The van der Waals surface area contributed by atoms with Gasteiger partial charge >= 0.3 is 0 Å². The van der Waals surface area contributed by atoms with Crippen molar-refractivity contribution in [2.45, 2.75) is 32.1 Å². The number of hydrogen-bond donors (Lipinski definition) is 0. The van der Waals surface area contributed by atoms with Gasteiger partial charge in [-0.1, -0.05) is 11.6 Å². The van der Waals surface area contributed by atoms with Gasteiger partial charge < -0.3 is 0 Å². The number of anilines is 2. The Bertz CT molecular complexity index is 842. The summed E-state index contributed by atoms with van der Waals surface area (Å²) in [7, 11) is -1.97. The van der Waals surface area contributed by atoms with Crippen LogP contribution in [-0.4, -0.2) is 33.5 Å². The monoisotopic (exact) mass is 348 g/mol. The number of carbonyl (C=O) groups is 2. The average molecular weight is 348 g/mol. The summed E-state index contributed by atoms with van der Waals surface area (Å²) in [5.41, 5.74) is 2.55. The molecule has 7 heteroatoms. The van der Waals surface area contributed by atoms with E-state index < -0.39 is 10.0 Å². The lowest BCUT2D eigenvalue weighted by molar-refractivity contribution is -0.125. The highest BCUT2D eigenvalue weighted by molar-refractivity contribution is 7.92. The lowest BCUT2D eigenvalue weighted by Gasteiger charge is -2.31. The molecule has 0 N–H and O–H groups in total. The third-order valence-corrected chi connectivity index (χ3v) is 5.81. The fourth-order valence-corrected chi connectivity index (χ4v) is 3.71. The molecule has 3 rings (SSSR count). The molecule has 0 atom stereocenters. The second-order valence-corrected chi connectivity index (χ2v) is 8.26. The van der Waals surface area contributed by atoms with Crippen LogP contribution in [0.1, 0.15) is 32.1 Å². The minimum absolute atomic E-state index is 0.250. The summed E-state index contributed by atoms with van der Waals surface area (Å²) in [6, 6.07) is 6.50. The fraction of sp³-hybridized carbons (Fsp3) is 0.412. The van der Waals surface area contributed by atoms with E-state index in [9.17, 15) is 18.0 Å². The summed E-state index contributed by atoms with van der Waals surface area (Å²) in [5.74, 6) is -0.514. The molecule has 0 bridgehead atoms. The van der Waals surface area contributed by atoms with Gasteiger partial charge in [0.25, 0.3) is 5.91 Å². The number of rotatable bonds is 3. The van der Waals surface area contributed by atoms with Crippen molar-refractivity contribution in [1.82, 2.24) is 0 Å². The van der Waals surface area contributed by atoms with E-state index in [2.05, 4.69) is 0 Å². The molecule has 0 radical (unpaired) electrons. The van der Waals surface area contributed by atoms with Crippen molar-refractivity contribution in [2.24, 2.45) is 0 Å². The first-order valence-electron chi connectivity index (χ1n) is 7.91. The summed E-state index contributed by atoms with van der Waals surface area (Å²) in [6.07, 6.45) is 4.89. The maximum atomic E-state index is 12.8. The third-order valence-electron chi connectivity index (χ3n) is 4.61. The third kappa shape index (κ3) is 2.96. The maximum Gasteiger partial charge on any atom is 0.260 e. The van der Waals surface area contributed by atoms with Crippen LogP contribution in [0.3, 0.4) is 0 Å². The molecular formula is C17H20N2O4S. The number of hydrogen-bond acceptors (Lipinski definition) is 4. The Morgan fingerprint density at radius 1 is 1.12 bits per heavy atom. The zero-order valence-corrected chi connectivity index (χ0v) is 14.6. The molecule has 0 aromatic heterocycles. The molecule has 128 valence electrons. The van der Waals surface area contributed by atoms with Crippen LogP contribution in [0.5, 0.6) is 0 Å². The molecule has 1 aromatic carbocycles. The van der Waals surface area contributed by atoms with E-state index in [1.54, 1.807) is 24.3 Å². The van der Waals surface area contributed by atoms with Crippen molar-refractivity contribution in [1.29, 1.82) is 0 Å². The van der Waals surface area contributed by atoms with Gasteiger partial charge in [0.1, 0.15) is 0 Å². The molecule has 1 aromatic rings. The molecule has 6 nitrogen and oxygen atoms in total. The first-order chi connectivity index (χ1) is 11.3. The summed E-state index contributed by atoms with van der Waals surface area (Å²) in [5, 5.41) is 0. The highest BCUT2D eigenvalue weighted by Gasteiger charge is 2.35. The Kier molecular flexibility index (Phi) is 4.21. The van der Waals surface area contributed by atoms with Gasteiger partial charge in [-0.05, 0) is 43.9 Å². The van der Waals surface area contributed by atoms with E-state index >= 15 is 0 Å². The van der Waals surface area contributed by atoms with Crippen LogP contribution in [0.25, 0.3) is 0 Å². The number of amides is 2. The zero-order chi connectivity index (χ0) is 17.5. The van der Waals surface area contributed by atoms with Crippen LogP contribution in [0, 0.1) is 0 Å². The molecule has 0 saturated heterocycles. The van der Waals surface area contributed by atoms with Crippen molar-refractivity contribution in [3.63, 3.8) is 0 Å². The number of carbonyl (C=O) groups excluding carboxylic acids is 2. The first-order valence-corrected chi connectivity index (χ1v) is 9.76. The standard InChI is InChI=1S/C17H20N2O4S/c1-18(24(2,22)23)13-7-5-8-14(11-13)19-16(20)10-12-6-3-4-9-15(12)17(19)21/h5,7-8,11H,3-4,6,9-10H2,1-2H3. The molecule has 0 spiro atoms. The highest BCUT2D eigenvalue weighted by Crippen LogP contribution is 2.35. The van der Waals surface area contributed by atoms with Gasteiger partial charge in [0.2, 0.25) is 15.9 Å². The van der Waals surface area contributed by atoms with Gasteiger partial charge in [0, 0.05) is 19.0 Å². The van der Waals surface area contributed by atoms with Crippen molar-refractivity contribution in [3.05, 3.63) is 35.4 Å². The normalized spacial score (nSPS) is 18.7. The smallest absolute Gasteiger partial charge is 0.260 e. The lowest BCUT2D eigenvalue weighted by atomic mass is 9.86. The SMILES string of the molecule is CN(c1cccc(N2C(=O)CC3=C(CCCC3)C2=O)c1)S(C)(=O)=O. The molecule has 0 fully saturated rings. The zero-order valence-electron chi connectivity index (χ0n) is 13.8. The van der Waals surface area contributed by atoms with E-state index in [0.717, 1.165) is 41.0 Å². The Labute approximate surface area is 141 Å². The van der Waals surface area contributed by atoms with E-state index in [1.165, 1.54) is 11.9 Å². The van der Waals surface area contributed by atoms with Gasteiger partial charge in [0.05, 0.1) is 17.6 Å². The van der Waals surface area contributed by atoms with Crippen LogP contribution < -0.4 is 9.21 Å². The Balaban J connectivity index is 1.99. The predicted octanol–water partition coefficient (Wildman–Crippen LogP) is 2.22. The second kappa shape index (κ2) is 6.05. The minimum atomic E-state index is -3.41. The van der Waals surface area contributed by atoms with Crippen molar-refractivity contribution >= 4 is 33.2 Å². The largest absolute Gasteiger partial charge is 0.274 e. The molecule has 0 unspecified atom stereocenters. The minimum Gasteiger partial charge on any atom is -0.274 e. The summed E-state index contributed by atoms with van der Waals surface area (Å²) < 4.78 is 24.5. The van der Waals surface area contributed by atoms with Crippen molar-refractivity contribution < 1.29 is 18.0 Å². The van der Waals surface area contributed by atoms with Crippen LogP contribution in [-0.2, 0) is 19.6 Å². The molecule has 2 aliphatic rings. The van der Waals surface area contributed by atoms with E-state index in [-0.39, 0.29) is 18.2 Å². The van der Waals surface area contributed by atoms with Crippen LogP contribution in [0.2, 0.25) is 0 Å². The van der Waals surface area contributed by atoms with Crippen LogP contribution in [0.15, 0.2) is 35.4 Å². The van der Waals surface area contributed by atoms with Gasteiger partial charge in [-0.2, -0.15) is 0 Å². The Morgan fingerprint density at radius 2 is 1.83 bits per heavy atom. The first kappa shape index (κ1) is 16.7. The topological polar surface area (TPSA) is 74.8 Å². The van der Waals surface area contributed by atoms with E-state index in [1.807, 2.05) is 0 Å². The summed E-state index contributed by atoms with van der Waals surface area (Å²) in [6.45, 7) is 0. The molecule has 1 aliphatic carbocycles. The Hall–Kier alpha value is -2.15. The Morgan fingerprint density at radius 3 is 2.54 bits per heavy atom. The van der Waals surface area contributed by atoms with Crippen LogP contribution >= 0.6 is 0 Å². The molecule has 1 heterocycles. The van der Waals surface area contributed by atoms with Gasteiger partial charge in [-0.15, -0.1) is 0 Å². The average Bonchev–Trinajstić information content (AvgIpc) is 2.53. The summed E-state index contributed by atoms with van der Waals surface area (Å²) >= 11 is 0. The number of sulfonamides is 1. The number of nitrogens with zero attached hydrogens (tertiary/aromatic N) is 2.